The molecule has 0 bridgehead atoms. The van der Waals surface area contributed by atoms with Gasteiger partial charge < -0.3 is 9.26 Å². The molecule has 0 saturated heterocycles. The third kappa shape index (κ3) is 3.27. The topological polar surface area (TPSA) is 85.5 Å². The number of thiophene rings is 1. The molecular formula is C18H18ClN3O4S2. The molecule has 0 saturated carbocycles. The molecule has 10 heteroatoms. The van der Waals surface area contributed by atoms with E-state index in [2.05, 4.69) is 10.1 Å². The summed E-state index contributed by atoms with van der Waals surface area (Å²) >= 11 is 7.44. The van der Waals surface area contributed by atoms with E-state index in [0.29, 0.717) is 44.3 Å². The first-order chi connectivity index (χ1) is 13.3. The molecule has 1 aromatic carbocycles. The number of halogens is 1. The Morgan fingerprint density at radius 1 is 1.32 bits per heavy atom. The van der Waals surface area contributed by atoms with Gasteiger partial charge in [0.15, 0.2) is 0 Å². The van der Waals surface area contributed by atoms with E-state index in [4.69, 9.17) is 20.9 Å². The number of rotatable bonds is 4. The summed E-state index contributed by atoms with van der Waals surface area (Å²) in [4.78, 5) is 5.70. The molecule has 2 aromatic heterocycles. The summed E-state index contributed by atoms with van der Waals surface area (Å²) in [5.74, 6) is 1.31. The zero-order valence-electron chi connectivity index (χ0n) is 15.5. The van der Waals surface area contributed by atoms with Crippen LogP contribution in [0.25, 0.3) is 10.7 Å². The summed E-state index contributed by atoms with van der Waals surface area (Å²) < 4.78 is 39.4. The lowest BCUT2D eigenvalue weighted by Gasteiger charge is -2.35. The van der Waals surface area contributed by atoms with Gasteiger partial charge >= 0.3 is 0 Å². The Kier molecular flexibility index (Phi) is 4.84. The Morgan fingerprint density at radius 3 is 2.79 bits per heavy atom. The van der Waals surface area contributed by atoms with Gasteiger partial charge in [-0.05, 0) is 37.6 Å². The van der Waals surface area contributed by atoms with Gasteiger partial charge in [-0.25, -0.2) is 8.42 Å². The zero-order valence-corrected chi connectivity index (χ0v) is 17.9. The Bertz CT molecular complexity index is 1140. The van der Waals surface area contributed by atoms with Crippen molar-refractivity contribution in [2.45, 2.75) is 38.2 Å². The maximum atomic E-state index is 13.6. The van der Waals surface area contributed by atoms with Crippen molar-refractivity contribution in [2.24, 2.45) is 0 Å². The fourth-order valence-electron chi connectivity index (χ4n) is 3.07. The summed E-state index contributed by atoms with van der Waals surface area (Å²) in [6, 6.07) is 6.61. The maximum absolute atomic E-state index is 13.6. The van der Waals surface area contributed by atoms with Crippen LogP contribution in [0.1, 0.15) is 24.1 Å². The van der Waals surface area contributed by atoms with Crippen molar-refractivity contribution in [2.75, 3.05) is 10.8 Å². The number of benzene rings is 1. The molecule has 1 atom stereocenters. The van der Waals surface area contributed by atoms with Crippen LogP contribution in [0.5, 0.6) is 5.75 Å². The first-order valence-corrected chi connectivity index (χ1v) is 11.3. The van der Waals surface area contributed by atoms with Crippen LogP contribution in [0.3, 0.4) is 0 Å². The highest BCUT2D eigenvalue weighted by Crippen LogP contribution is 2.41. The van der Waals surface area contributed by atoms with Gasteiger partial charge in [0.05, 0.1) is 17.1 Å². The molecule has 1 aliphatic heterocycles. The third-order valence-corrected chi connectivity index (χ3v) is 7.81. The van der Waals surface area contributed by atoms with Gasteiger partial charge in [-0.15, -0.1) is 11.3 Å². The van der Waals surface area contributed by atoms with Crippen LogP contribution in [-0.2, 0) is 10.0 Å². The van der Waals surface area contributed by atoms with E-state index < -0.39 is 10.0 Å². The lowest BCUT2D eigenvalue weighted by atomic mass is 10.2. The highest BCUT2D eigenvalue weighted by Gasteiger charge is 2.36. The van der Waals surface area contributed by atoms with E-state index >= 15 is 0 Å². The van der Waals surface area contributed by atoms with E-state index in [-0.39, 0.29) is 17.5 Å². The smallest absolute Gasteiger partial charge is 0.265 e. The summed E-state index contributed by atoms with van der Waals surface area (Å²) in [6.45, 7) is 5.64. The van der Waals surface area contributed by atoms with Crippen LogP contribution < -0.4 is 9.04 Å². The monoisotopic (exact) mass is 439 g/mol. The first-order valence-electron chi connectivity index (χ1n) is 8.69. The van der Waals surface area contributed by atoms with Gasteiger partial charge in [-0.3, -0.25) is 4.31 Å². The lowest BCUT2D eigenvalue weighted by Crippen LogP contribution is -2.43. The molecule has 3 heterocycles. The van der Waals surface area contributed by atoms with Crippen LogP contribution >= 0.6 is 22.9 Å². The number of hydrogen-bond acceptors (Lipinski definition) is 7. The summed E-state index contributed by atoms with van der Waals surface area (Å²) in [5, 5.41) is 4.33. The summed E-state index contributed by atoms with van der Waals surface area (Å²) in [7, 11) is -3.83. The predicted molar refractivity (Wildman–Crippen MR) is 108 cm³/mol. The first kappa shape index (κ1) is 19.2. The molecule has 3 aromatic rings. The Balaban J connectivity index is 1.80. The maximum Gasteiger partial charge on any atom is 0.265 e. The number of sulfonamides is 1. The number of aryl methyl sites for hydroxylation is 2. The van der Waals surface area contributed by atoms with E-state index in [1.54, 1.807) is 38.1 Å². The minimum atomic E-state index is -3.83. The van der Waals surface area contributed by atoms with Gasteiger partial charge in [-0.1, -0.05) is 23.7 Å². The van der Waals surface area contributed by atoms with Crippen molar-refractivity contribution in [1.29, 1.82) is 0 Å². The quantitative estimate of drug-likeness (QED) is 0.597. The summed E-state index contributed by atoms with van der Waals surface area (Å²) in [5.41, 5.74) is 0.444. The highest BCUT2D eigenvalue weighted by molar-refractivity contribution is 7.93. The van der Waals surface area contributed by atoms with Crippen LogP contribution in [0.4, 0.5) is 5.69 Å². The van der Waals surface area contributed by atoms with Crippen molar-refractivity contribution in [1.82, 2.24) is 10.1 Å². The van der Waals surface area contributed by atoms with Gasteiger partial charge in [0.25, 0.3) is 10.0 Å². The molecule has 0 aliphatic carbocycles. The molecule has 0 N–H and O–H groups in total. The average Bonchev–Trinajstić information content (AvgIpc) is 3.26. The Hall–Kier alpha value is -2.10. The van der Waals surface area contributed by atoms with Gasteiger partial charge in [0, 0.05) is 16.8 Å². The fraction of sp³-hybridized carbons (Fsp3) is 0.333. The van der Waals surface area contributed by atoms with Gasteiger partial charge in [0.2, 0.25) is 11.7 Å². The number of ether oxygens (including phenoxy) is 1. The average molecular weight is 440 g/mol. The second-order valence-corrected chi connectivity index (χ2v) is 9.99. The van der Waals surface area contributed by atoms with Crippen molar-refractivity contribution in [3.63, 3.8) is 0 Å². The van der Waals surface area contributed by atoms with E-state index in [0.717, 1.165) is 0 Å². The van der Waals surface area contributed by atoms with Crippen molar-refractivity contribution >= 4 is 38.6 Å². The molecule has 4 rings (SSSR count). The molecule has 0 radical (unpaired) electrons. The van der Waals surface area contributed by atoms with E-state index in [1.807, 2.05) is 6.92 Å². The lowest BCUT2D eigenvalue weighted by molar-refractivity contribution is 0.196. The van der Waals surface area contributed by atoms with Gasteiger partial charge in [-0.2, -0.15) is 4.98 Å². The standard InChI is InChI=1S/C18H18ClN3O4S2/c1-4-13-9-22(14-7-12(19)5-6-15(14)25-13)28(23,24)17-8-16(27-10(17)2)18-20-11(3)26-21-18/h5-8,13H,4,9H2,1-3H3/t13-/m0/s1. The largest absolute Gasteiger partial charge is 0.486 e. The second-order valence-electron chi connectivity index (χ2n) is 6.46. The fourth-order valence-corrected chi connectivity index (χ4v) is 6.23. The van der Waals surface area contributed by atoms with Gasteiger partial charge in [0.1, 0.15) is 16.7 Å². The second kappa shape index (κ2) is 7.06. The Morgan fingerprint density at radius 2 is 2.11 bits per heavy atom. The zero-order chi connectivity index (χ0) is 20.1. The van der Waals surface area contributed by atoms with Crippen molar-refractivity contribution in [3.05, 3.63) is 40.1 Å². The molecule has 28 heavy (non-hydrogen) atoms. The predicted octanol–water partition coefficient (Wildman–Crippen LogP) is 4.43. The highest BCUT2D eigenvalue weighted by atomic mass is 35.5. The number of hydrogen-bond donors (Lipinski definition) is 0. The van der Waals surface area contributed by atoms with E-state index in [9.17, 15) is 8.42 Å². The molecule has 0 unspecified atom stereocenters. The Labute approximate surface area is 171 Å². The number of aromatic nitrogens is 2. The molecule has 148 valence electrons. The van der Waals surface area contributed by atoms with Crippen LogP contribution in [-0.4, -0.2) is 31.2 Å². The SMILES string of the molecule is CC[C@H]1CN(S(=O)(=O)c2cc(-c3noc(C)n3)sc2C)c2cc(Cl)ccc2O1. The number of nitrogens with zero attached hydrogens (tertiary/aromatic N) is 3. The summed E-state index contributed by atoms with van der Waals surface area (Å²) in [6.07, 6.45) is 0.450. The van der Waals surface area contributed by atoms with Crippen LogP contribution in [0.2, 0.25) is 5.02 Å². The van der Waals surface area contributed by atoms with Crippen LogP contribution in [0.15, 0.2) is 33.7 Å². The molecule has 0 fully saturated rings. The van der Waals surface area contributed by atoms with E-state index in [1.165, 1.54) is 15.6 Å². The molecule has 7 nitrogen and oxygen atoms in total. The normalized spacial score (nSPS) is 16.7. The minimum Gasteiger partial charge on any atom is -0.486 e. The van der Waals surface area contributed by atoms with Crippen molar-refractivity contribution in [3.8, 4) is 16.5 Å². The number of fused-ring (bicyclic) bond motifs is 1. The number of anilines is 1. The third-order valence-electron chi connectivity index (χ3n) is 4.50. The molecular weight excluding hydrogens is 422 g/mol. The molecule has 0 amide bonds. The van der Waals surface area contributed by atoms with Crippen LogP contribution in [0, 0.1) is 13.8 Å². The minimum absolute atomic E-state index is 0.220. The molecule has 0 spiro atoms. The van der Waals surface area contributed by atoms with Crippen molar-refractivity contribution < 1.29 is 17.7 Å². The molecule has 1 aliphatic rings.